The van der Waals surface area contributed by atoms with Crippen LogP contribution in [0.2, 0.25) is 0 Å². The Kier molecular flexibility index (Phi) is 5.48. The molecule has 4 heteroatoms. The maximum Gasteiger partial charge on any atom is 0.416 e. The van der Waals surface area contributed by atoms with Crippen LogP contribution in [0.15, 0.2) is 24.3 Å². The fourth-order valence-corrected chi connectivity index (χ4v) is 2.64. The summed E-state index contributed by atoms with van der Waals surface area (Å²) in [6, 6.07) is 5.74. The third kappa shape index (κ3) is 4.83. The summed E-state index contributed by atoms with van der Waals surface area (Å²) in [5.74, 6) is 0.132. The molecular weight excluding hydrogens is 317 g/mol. The Morgan fingerprint density at radius 2 is 1.79 bits per heavy atom. The predicted octanol–water partition coefficient (Wildman–Crippen LogP) is 6.01. The maximum absolute atomic E-state index is 12.8. The van der Waals surface area contributed by atoms with Crippen molar-refractivity contribution in [3.63, 3.8) is 0 Å². The van der Waals surface area contributed by atoms with E-state index < -0.39 is 11.7 Å². The molecule has 108 valence electrons. The van der Waals surface area contributed by atoms with Crippen LogP contribution in [0.1, 0.15) is 50.7 Å². The molecule has 19 heavy (non-hydrogen) atoms. The monoisotopic (exact) mass is 336 g/mol. The van der Waals surface area contributed by atoms with Crippen molar-refractivity contribution >= 4 is 15.9 Å². The van der Waals surface area contributed by atoms with E-state index in [0.29, 0.717) is 0 Å². The van der Waals surface area contributed by atoms with Gasteiger partial charge in [-0.1, -0.05) is 54.9 Å². The molecule has 0 aliphatic carbocycles. The second-order valence-electron chi connectivity index (χ2n) is 5.87. The van der Waals surface area contributed by atoms with Crippen LogP contribution in [-0.2, 0) is 6.18 Å². The van der Waals surface area contributed by atoms with Crippen LogP contribution in [-0.4, -0.2) is 5.33 Å². The fourth-order valence-electron chi connectivity index (χ4n) is 2.31. The highest BCUT2D eigenvalue weighted by atomic mass is 79.9. The zero-order valence-electron chi connectivity index (χ0n) is 11.5. The van der Waals surface area contributed by atoms with E-state index in [4.69, 9.17) is 0 Å². The Morgan fingerprint density at radius 1 is 1.16 bits per heavy atom. The molecule has 0 saturated carbocycles. The molecule has 1 aromatic carbocycles. The average Bonchev–Trinajstić information content (AvgIpc) is 2.27. The topological polar surface area (TPSA) is 0 Å². The molecule has 0 amide bonds. The van der Waals surface area contributed by atoms with Crippen molar-refractivity contribution in [2.24, 2.45) is 5.41 Å². The van der Waals surface area contributed by atoms with E-state index in [-0.39, 0.29) is 11.3 Å². The summed E-state index contributed by atoms with van der Waals surface area (Å²) in [6.07, 6.45) is -2.43. The Labute approximate surface area is 121 Å². The van der Waals surface area contributed by atoms with E-state index >= 15 is 0 Å². The summed E-state index contributed by atoms with van der Waals surface area (Å²) in [5, 5.41) is 0.874. The molecule has 0 heterocycles. The van der Waals surface area contributed by atoms with Crippen molar-refractivity contribution < 1.29 is 13.2 Å². The highest BCUT2D eigenvalue weighted by molar-refractivity contribution is 9.09. The molecule has 0 saturated heterocycles. The molecule has 0 aliphatic rings. The molecule has 0 radical (unpaired) electrons. The van der Waals surface area contributed by atoms with Crippen LogP contribution in [0.4, 0.5) is 13.2 Å². The van der Waals surface area contributed by atoms with Crippen LogP contribution >= 0.6 is 15.9 Å². The molecule has 1 unspecified atom stereocenters. The Hall–Kier alpha value is -0.510. The standard InChI is InChI=1S/C15H20BrF3/c1-14(2,3)13(8-5-9-16)11-6-4-7-12(10-11)15(17,18)19/h4,6-7,10,13H,5,8-9H2,1-3H3. The van der Waals surface area contributed by atoms with Crippen molar-refractivity contribution in [2.45, 2.75) is 45.7 Å². The minimum atomic E-state index is -4.27. The van der Waals surface area contributed by atoms with E-state index in [2.05, 4.69) is 36.7 Å². The largest absolute Gasteiger partial charge is 0.416 e. The minimum absolute atomic E-state index is 0.0492. The van der Waals surface area contributed by atoms with Crippen LogP contribution in [0, 0.1) is 5.41 Å². The zero-order chi connectivity index (χ0) is 14.7. The molecule has 1 atom stereocenters. The smallest absolute Gasteiger partial charge is 0.166 e. The first-order valence-electron chi connectivity index (χ1n) is 6.39. The highest BCUT2D eigenvalue weighted by Crippen LogP contribution is 2.40. The molecule has 1 aromatic rings. The lowest BCUT2D eigenvalue weighted by atomic mass is 9.74. The van der Waals surface area contributed by atoms with Gasteiger partial charge in [-0.05, 0) is 35.8 Å². The molecule has 0 aliphatic heterocycles. The van der Waals surface area contributed by atoms with Crippen LogP contribution < -0.4 is 0 Å². The Morgan fingerprint density at radius 3 is 2.26 bits per heavy atom. The summed E-state index contributed by atoms with van der Waals surface area (Å²) in [5.41, 5.74) is 0.174. The van der Waals surface area contributed by atoms with E-state index in [1.54, 1.807) is 6.07 Å². The number of hydrogen-bond donors (Lipinski definition) is 0. The fraction of sp³-hybridized carbons (Fsp3) is 0.600. The number of hydrogen-bond acceptors (Lipinski definition) is 0. The zero-order valence-corrected chi connectivity index (χ0v) is 13.1. The van der Waals surface area contributed by atoms with E-state index in [0.717, 1.165) is 29.8 Å². The molecule has 0 spiro atoms. The van der Waals surface area contributed by atoms with Gasteiger partial charge < -0.3 is 0 Å². The number of benzene rings is 1. The molecule has 0 fully saturated rings. The van der Waals surface area contributed by atoms with E-state index in [1.807, 2.05) is 0 Å². The normalized spacial score (nSPS) is 14.5. The summed E-state index contributed by atoms with van der Waals surface area (Å²) >= 11 is 3.38. The van der Waals surface area contributed by atoms with E-state index in [9.17, 15) is 13.2 Å². The lowest BCUT2D eigenvalue weighted by Gasteiger charge is -2.31. The van der Waals surface area contributed by atoms with Crippen LogP contribution in [0.5, 0.6) is 0 Å². The van der Waals surface area contributed by atoms with Gasteiger partial charge in [0.2, 0.25) is 0 Å². The van der Waals surface area contributed by atoms with Crippen molar-refractivity contribution in [3.05, 3.63) is 35.4 Å². The second-order valence-corrected chi connectivity index (χ2v) is 6.67. The quantitative estimate of drug-likeness (QED) is 0.590. The van der Waals surface area contributed by atoms with Crippen molar-refractivity contribution in [2.75, 3.05) is 5.33 Å². The maximum atomic E-state index is 12.8. The number of alkyl halides is 4. The third-order valence-electron chi connectivity index (χ3n) is 3.29. The molecular formula is C15H20BrF3. The molecule has 0 N–H and O–H groups in total. The second kappa shape index (κ2) is 6.29. The summed E-state index contributed by atoms with van der Waals surface area (Å²) in [4.78, 5) is 0. The summed E-state index contributed by atoms with van der Waals surface area (Å²) < 4.78 is 38.3. The van der Waals surface area contributed by atoms with E-state index in [1.165, 1.54) is 12.1 Å². The van der Waals surface area contributed by atoms with Gasteiger partial charge in [0, 0.05) is 5.33 Å². The number of rotatable bonds is 4. The third-order valence-corrected chi connectivity index (χ3v) is 3.85. The predicted molar refractivity (Wildman–Crippen MR) is 76.7 cm³/mol. The first kappa shape index (κ1) is 16.5. The summed E-state index contributed by atoms with van der Waals surface area (Å²) in [6.45, 7) is 6.23. The van der Waals surface area contributed by atoms with Gasteiger partial charge in [-0.25, -0.2) is 0 Å². The van der Waals surface area contributed by atoms with Crippen LogP contribution in [0.3, 0.4) is 0 Å². The van der Waals surface area contributed by atoms with Crippen molar-refractivity contribution in [1.82, 2.24) is 0 Å². The minimum Gasteiger partial charge on any atom is -0.166 e. The van der Waals surface area contributed by atoms with Crippen molar-refractivity contribution in [3.8, 4) is 0 Å². The van der Waals surface area contributed by atoms with Crippen molar-refractivity contribution in [1.29, 1.82) is 0 Å². The van der Waals surface area contributed by atoms with Gasteiger partial charge in [-0.3, -0.25) is 0 Å². The first-order chi connectivity index (χ1) is 8.66. The van der Waals surface area contributed by atoms with Gasteiger partial charge in [0.1, 0.15) is 0 Å². The number of halogens is 4. The van der Waals surface area contributed by atoms with Gasteiger partial charge in [0.15, 0.2) is 0 Å². The first-order valence-corrected chi connectivity index (χ1v) is 7.51. The van der Waals surface area contributed by atoms with Gasteiger partial charge in [0.05, 0.1) is 5.56 Å². The highest BCUT2D eigenvalue weighted by Gasteiger charge is 2.32. The van der Waals surface area contributed by atoms with Gasteiger partial charge in [-0.15, -0.1) is 0 Å². The van der Waals surface area contributed by atoms with Gasteiger partial charge in [0.25, 0.3) is 0 Å². The van der Waals surface area contributed by atoms with Crippen LogP contribution in [0.25, 0.3) is 0 Å². The molecule has 0 aromatic heterocycles. The molecule has 0 nitrogen and oxygen atoms in total. The Bertz CT molecular complexity index is 405. The average molecular weight is 337 g/mol. The van der Waals surface area contributed by atoms with Gasteiger partial charge in [-0.2, -0.15) is 13.2 Å². The Balaban J connectivity index is 3.09. The molecule has 0 bridgehead atoms. The van der Waals surface area contributed by atoms with Gasteiger partial charge >= 0.3 is 6.18 Å². The lowest BCUT2D eigenvalue weighted by Crippen LogP contribution is -2.19. The molecule has 1 rings (SSSR count). The lowest BCUT2D eigenvalue weighted by molar-refractivity contribution is -0.137. The SMILES string of the molecule is CC(C)(C)C(CCCBr)c1cccc(C(F)(F)F)c1. The summed E-state index contributed by atoms with van der Waals surface area (Å²) in [7, 11) is 0.